The number of hydrogen-bond acceptors (Lipinski definition) is 2. The molecule has 3 heteroatoms. The molecule has 0 spiro atoms. The largest absolute Gasteiger partial charge is 0.335 e. The maximum atomic E-state index is 13.5. The fourth-order valence-electron chi connectivity index (χ4n) is 6.60. The summed E-state index contributed by atoms with van der Waals surface area (Å²) in [7, 11) is 0. The van der Waals surface area contributed by atoms with Crippen LogP contribution in [0.5, 0.6) is 0 Å². The highest BCUT2D eigenvalue weighted by Crippen LogP contribution is 2.47. The number of amides is 1. The maximum absolute atomic E-state index is 13.5. The summed E-state index contributed by atoms with van der Waals surface area (Å²) in [5.74, 6) is 2.35. The van der Waals surface area contributed by atoms with E-state index in [1.165, 1.54) is 36.1 Å². The molecule has 4 fully saturated rings. The van der Waals surface area contributed by atoms with Gasteiger partial charge in [-0.15, -0.1) is 0 Å². The summed E-state index contributed by atoms with van der Waals surface area (Å²) < 4.78 is 0. The van der Waals surface area contributed by atoms with Crippen LogP contribution in [0.4, 0.5) is 0 Å². The summed E-state index contributed by atoms with van der Waals surface area (Å²) in [5.41, 5.74) is 4.91. The number of hydrogen-bond donors (Lipinski definition) is 0. The Morgan fingerprint density at radius 2 is 1.83 bits per heavy atom. The molecule has 30 heavy (non-hydrogen) atoms. The number of allylic oxidation sites excluding steroid dienone is 1. The fraction of sp³-hybridized carbons (Fsp3) is 0.444. The van der Waals surface area contributed by atoms with E-state index in [-0.39, 0.29) is 5.91 Å². The molecule has 154 valence electrons. The molecule has 1 saturated carbocycles. The number of likely N-dealkylation sites (tertiary alicyclic amines) is 1. The monoisotopic (exact) mass is 398 g/mol. The van der Waals surface area contributed by atoms with Crippen LogP contribution in [0.3, 0.4) is 0 Å². The molecule has 0 aromatic heterocycles. The SMILES string of the molecule is O=C(c1ccc2c(c1)CCC=C2)N1CC2CCC1C1CN(Cc3ccccc3)CC21. The van der Waals surface area contributed by atoms with E-state index in [9.17, 15) is 4.79 Å². The topological polar surface area (TPSA) is 23.6 Å². The van der Waals surface area contributed by atoms with Crippen LogP contribution < -0.4 is 0 Å². The predicted molar refractivity (Wildman–Crippen MR) is 120 cm³/mol. The molecule has 0 radical (unpaired) electrons. The minimum absolute atomic E-state index is 0.266. The second kappa shape index (κ2) is 7.39. The van der Waals surface area contributed by atoms with Crippen molar-refractivity contribution in [1.29, 1.82) is 0 Å². The number of nitrogens with zero attached hydrogens (tertiary/aromatic N) is 2. The Morgan fingerprint density at radius 3 is 2.73 bits per heavy atom. The van der Waals surface area contributed by atoms with Gasteiger partial charge in [-0.25, -0.2) is 0 Å². The standard InChI is InChI=1S/C27H30N2O/c30-27(22-11-10-20-8-4-5-9-21(20)14-22)29-16-23-12-13-26(29)25-18-28(17-24(23)25)15-19-6-2-1-3-7-19/h1-4,6-8,10-11,14,23-26H,5,9,12-13,15-18H2. The number of fused-ring (bicyclic) bond motifs is 3. The third-order valence-corrected chi connectivity index (χ3v) is 8.03. The van der Waals surface area contributed by atoms with E-state index >= 15 is 0 Å². The highest BCUT2D eigenvalue weighted by Gasteiger charge is 2.52. The quantitative estimate of drug-likeness (QED) is 0.753. The van der Waals surface area contributed by atoms with Gasteiger partial charge in [0.1, 0.15) is 0 Å². The predicted octanol–water partition coefficient (Wildman–Crippen LogP) is 4.63. The maximum Gasteiger partial charge on any atom is 0.254 e. The van der Waals surface area contributed by atoms with E-state index in [4.69, 9.17) is 0 Å². The summed E-state index contributed by atoms with van der Waals surface area (Å²) in [5, 5.41) is 0. The second-order valence-corrected chi connectivity index (χ2v) is 9.72. The van der Waals surface area contributed by atoms with E-state index in [1.54, 1.807) is 0 Å². The van der Waals surface area contributed by atoms with Crippen LogP contribution in [0.2, 0.25) is 0 Å². The average Bonchev–Trinajstić information content (AvgIpc) is 3.24. The Balaban J connectivity index is 1.20. The molecule has 4 atom stereocenters. The normalized spacial score (nSPS) is 29.7. The van der Waals surface area contributed by atoms with Gasteiger partial charge in [-0.3, -0.25) is 9.69 Å². The van der Waals surface area contributed by atoms with Crippen molar-refractivity contribution >= 4 is 12.0 Å². The second-order valence-electron chi connectivity index (χ2n) is 9.72. The Bertz CT molecular complexity index is 982. The molecule has 2 aromatic rings. The number of rotatable bonds is 3. The van der Waals surface area contributed by atoms with Crippen molar-refractivity contribution < 1.29 is 4.79 Å². The van der Waals surface area contributed by atoms with Gasteiger partial charge in [-0.1, -0.05) is 48.6 Å². The van der Waals surface area contributed by atoms with Crippen molar-refractivity contribution in [2.75, 3.05) is 19.6 Å². The first-order chi connectivity index (χ1) is 14.8. The summed E-state index contributed by atoms with van der Waals surface area (Å²) in [6, 6.07) is 17.6. The smallest absolute Gasteiger partial charge is 0.254 e. The highest BCUT2D eigenvalue weighted by atomic mass is 16.2. The number of benzene rings is 2. The molecule has 2 bridgehead atoms. The van der Waals surface area contributed by atoms with E-state index in [0.717, 1.165) is 44.0 Å². The van der Waals surface area contributed by atoms with Crippen molar-refractivity contribution in [3.8, 4) is 0 Å². The van der Waals surface area contributed by atoms with Gasteiger partial charge in [0, 0.05) is 37.8 Å². The number of piperidine rings is 2. The first kappa shape index (κ1) is 18.4. The van der Waals surface area contributed by atoms with Gasteiger partial charge >= 0.3 is 0 Å². The Hall–Kier alpha value is -2.39. The van der Waals surface area contributed by atoms with Crippen LogP contribution >= 0.6 is 0 Å². The lowest BCUT2D eigenvalue weighted by molar-refractivity contribution is -0.0144. The van der Waals surface area contributed by atoms with Crippen LogP contribution in [0.25, 0.3) is 6.08 Å². The molecule has 4 unspecified atom stereocenters. The molecule has 7 rings (SSSR count). The van der Waals surface area contributed by atoms with Crippen LogP contribution in [-0.4, -0.2) is 41.4 Å². The van der Waals surface area contributed by atoms with Gasteiger partial charge in [-0.05, 0) is 72.3 Å². The number of aryl methyl sites for hydroxylation is 1. The van der Waals surface area contributed by atoms with Gasteiger partial charge in [0.25, 0.3) is 5.91 Å². The highest BCUT2D eigenvalue weighted by molar-refractivity contribution is 5.95. The van der Waals surface area contributed by atoms with Crippen LogP contribution in [0.15, 0.2) is 54.6 Å². The lowest BCUT2D eigenvalue weighted by Gasteiger charge is -2.52. The number of carbonyl (C=O) groups is 1. The molecule has 0 N–H and O–H groups in total. The third kappa shape index (κ3) is 3.11. The average molecular weight is 399 g/mol. The molecular weight excluding hydrogens is 368 g/mol. The summed E-state index contributed by atoms with van der Waals surface area (Å²) in [6.45, 7) is 4.34. The fourth-order valence-corrected chi connectivity index (χ4v) is 6.60. The van der Waals surface area contributed by atoms with Crippen LogP contribution in [-0.2, 0) is 13.0 Å². The molecule has 3 nitrogen and oxygen atoms in total. The molecular formula is C27H30N2O. The minimum Gasteiger partial charge on any atom is -0.335 e. The van der Waals surface area contributed by atoms with Gasteiger partial charge in [-0.2, -0.15) is 0 Å². The van der Waals surface area contributed by atoms with E-state index in [1.807, 2.05) is 6.07 Å². The van der Waals surface area contributed by atoms with Crippen LogP contribution in [0, 0.1) is 17.8 Å². The molecule has 3 heterocycles. The van der Waals surface area contributed by atoms with E-state index in [2.05, 4.69) is 64.4 Å². The Morgan fingerprint density at radius 1 is 0.967 bits per heavy atom. The van der Waals surface area contributed by atoms with Crippen molar-refractivity contribution in [3.63, 3.8) is 0 Å². The number of carbonyl (C=O) groups excluding carboxylic acids is 1. The van der Waals surface area contributed by atoms with Gasteiger partial charge in [0.15, 0.2) is 0 Å². The Labute approximate surface area is 179 Å². The van der Waals surface area contributed by atoms with Crippen LogP contribution in [0.1, 0.15) is 46.3 Å². The summed E-state index contributed by atoms with van der Waals surface area (Å²) >= 11 is 0. The van der Waals surface area contributed by atoms with Crippen molar-refractivity contribution in [1.82, 2.24) is 9.80 Å². The molecule has 2 aliphatic carbocycles. The van der Waals surface area contributed by atoms with Crippen molar-refractivity contribution in [2.45, 2.75) is 38.3 Å². The molecule has 3 aliphatic heterocycles. The molecule has 2 aromatic carbocycles. The lowest BCUT2D eigenvalue weighted by Crippen LogP contribution is -2.59. The third-order valence-electron chi connectivity index (χ3n) is 8.03. The molecule has 5 aliphatic rings. The summed E-state index contributed by atoms with van der Waals surface area (Å²) in [4.78, 5) is 18.4. The zero-order chi connectivity index (χ0) is 20.1. The van der Waals surface area contributed by atoms with Gasteiger partial charge in [0.2, 0.25) is 0 Å². The lowest BCUT2D eigenvalue weighted by atomic mass is 9.66. The van der Waals surface area contributed by atoms with E-state index in [0.29, 0.717) is 17.9 Å². The summed E-state index contributed by atoms with van der Waals surface area (Å²) in [6.07, 6.45) is 9.04. The Kier molecular flexibility index (Phi) is 4.53. The van der Waals surface area contributed by atoms with Crippen molar-refractivity contribution in [3.05, 3.63) is 76.9 Å². The minimum atomic E-state index is 0.266. The van der Waals surface area contributed by atoms with Gasteiger partial charge in [0.05, 0.1) is 0 Å². The van der Waals surface area contributed by atoms with Crippen molar-refractivity contribution in [2.24, 2.45) is 17.8 Å². The first-order valence-corrected chi connectivity index (χ1v) is 11.6. The zero-order valence-corrected chi connectivity index (χ0v) is 17.5. The molecule has 3 saturated heterocycles. The first-order valence-electron chi connectivity index (χ1n) is 11.6. The molecule has 1 amide bonds. The van der Waals surface area contributed by atoms with Gasteiger partial charge < -0.3 is 4.90 Å². The van der Waals surface area contributed by atoms with E-state index < -0.39 is 0 Å². The zero-order valence-electron chi connectivity index (χ0n) is 17.5.